The first kappa shape index (κ1) is 17.1. The third-order valence-electron chi connectivity index (χ3n) is 4.89. The molecule has 0 saturated heterocycles. The molecule has 0 aliphatic carbocycles. The van der Waals surface area contributed by atoms with Gasteiger partial charge in [0.05, 0.1) is 0 Å². The molecule has 3 aromatic heterocycles. The summed E-state index contributed by atoms with van der Waals surface area (Å²) in [7, 11) is 0. The number of aromatic nitrogens is 2. The van der Waals surface area contributed by atoms with E-state index in [0.29, 0.717) is 11.4 Å². The van der Waals surface area contributed by atoms with E-state index in [-0.39, 0.29) is 0 Å². The number of rotatable bonds is 2. The molecule has 0 atom stereocenters. The number of thiophene rings is 1. The summed E-state index contributed by atoms with van der Waals surface area (Å²) in [6.07, 6.45) is 3.33. The van der Waals surface area contributed by atoms with E-state index in [0.717, 1.165) is 22.3 Å². The number of fused-ring (bicyclic) bond motifs is 3. The maximum absolute atomic E-state index is 9.10. The predicted octanol–water partition coefficient (Wildman–Crippen LogP) is 5.92. The van der Waals surface area contributed by atoms with Crippen LogP contribution in [0.15, 0.2) is 73.1 Å². The van der Waals surface area contributed by atoms with Gasteiger partial charge in [0.1, 0.15) is 23.5 Å². The Hall–Kier alpha value is -4.06. The van der Waals surface area contributed by atoms with Crippen molar-refractivity contribution < 1.29 is 0 Å². The lowest BCUT2D eigenvalue weighted by molar-refractivity contribution is 1.27. The largest absolute Gasteiger partial charge is 0.246 e. The Kier molecular flexibility index (Phi) is 4.02. The fraction of sp³-hybridized carbons (Fsp3) is 0. The fourth-order valence-electron chi connectivity index (χ4n) is 3.48. The maximum Gasteiger partial charge on any atom is 0.141 e. The molecule has 0 radical (unpaired) electrons. The summed E-state index contributed by atoms with van der Waals surface area (Å²) >= 11 is 1.74. The van der Waals surface area contributed by atoms with Gasteiger partial charge in [0.25, 0.3) is 0 Å². The van der Waals surface area contributed by atoms with Crippen LogP contribution in [-0.2, 0) is 0 Å². The van der Waals surface area contributed by atoms with Crippen LogP contribution < -0.4 is 0 Å². The Morgan fingerprint density at radius 3 is 1.48 bits per heavy atom. The van der Waals surface area contributed by atoms with Crippen LogP contribution in [0, 0.1) is 22.7 Å². The summed E-state index contributed by atoms with van der Waals surface area (Å²) in [5.41, 5.74) is 4.93. The average molecular weight is 388 g/mol. The third-order valence-corrected chi connectivity index (χ3v) is 6.00. The standard InChI is InChI=1S/C24H12N4S/c25-13-19-9-17(5-7-27-19)15-1-3-21-22-4-2-16(12-24(22)29-23(21)11-15)18-6-8-28-20(10-18)14-26/h1-12H. The normalized spacial score (nSPS) is 10.7. The highest BCUT2D eigenvalue weighted by Gasteiger charge is 2.09. The van der Waals surface area contributed by atoms with Crippen molar-refractivity contribution in [3.05, 3.63) is 84.4 Å². The van der Waals surface area contributed by atoms with Crippen LogP contribution in [0.3, 0.4) is 0 Å². The number of nitrogens with zero attached hydrogens (tertiary/aromatic N) is 4. The van der Waals surface area contributed by atoms with E-state index in [4.69, 9.17) is 10.5 Å². The third kappa shape index (κ3) is 3.00. The van der Waals surface area contributed by atoms with E-state index in [2.05, 4.69) is 58.5 Å². The predicted molar refractivity (Wildman–Crippen MR) is 115 cm³/mol. The Morgan fingerprint density at radius 2 is 1.03 bits per heavy atom. The molecule has 5 aromatic rings. The van der Waals surface area contributed by atoms with Gasteiger partial charge < -0.3 is 0 Å². The van der Waals surface area contributed by atoms with Gasteiger partial charge in [0.15, 0.2) is 0 Å². The molecule has 0 aliphatic rings. The summed E-state index contributed by atoms with van der Waals surface area (Å²) in [5, 5.41) is 20.6. The number of hydrogen-bond acceptors (Lipinski definition) is 5. The lowest BCUT2D eigenvalue weighted by atomic mass is 10.0. The average Bonchev–Trinajstić information content (AvgIpc) is 3.16. The smallest absolute Gasteiger partial charge is 0.141 e. The van der Waals surface area contributed by atoms with Gasteiger partial charge in [-0.1, -0.05) is 24.3 Å². The van der Waals surface area contributed by atoms with Crippen molar-refractivity contribution in [1.29, 1.82) is 10.5 Å². The minimum Gasteiger partial charge on any atom is -0.246 e. The molecule has 5 heteroatoms. The molecule has 4 nitrogen and oxygen atoms in total. The van der Waals surface area contributed by atoms with Crippen molar-refractivity contribution in [3.8, 4) is 34.4 Å². The second-order valence-corrected chi connectivity index (χ2v) is 7.69. The minimum atomic E-state index is 0.415. The zero-order valence-electron chi connectivity index (χ0n) is 15.1. The van der Waals surface area contributed by atoms with Crippen LogP contribution in [0.5, 0.6) is 0 Å². The van der Waals surface area contributed by atoms with E-state index in [1.165, 1.54) is 20.2 Å². The molecule has 2 aromatic carbocycles. The Balaban J connectivity index is 1.63. The van der Waals surface area contributed by atoms with Crippen LogP contribution in [-0.4, -0.2) is 9.97 Å². The highest BCUT2D eigenvalue weighted by atomic mass is 32.1. The molecule has 134 valence electrons. The second kappa shape index (κ2) is 6.83. The van der Waals surface area contributed by atoms with Crippen molar-refractivity contribution in [2.75, 3.05) is 0 Å². The molecule has 0 fully saturated rings. The first-order valence-electron chi connectivity index (χ1n) is 8.94. The van der Waals surface area contributed by atoms with Crippen molar-refractivity contribution in [2.24, 2.45) is 0 Å². The van der Waals surface area contributed by atoms with Crippen LogP contribution in [0.25, 0.3) is 42.4 Å². The first-order valence-corrected chi connectivity index (χ1v) is 9.76. The SMILES string of the molecule is N#Cc1cc(-c2ccc3c(c2)sc2cc(-c4ccnc(C#N)c4)ccc23)ccn1. The van der Waals surface area contributed by atoms with Crippen LogP contribution in [0.1, 0.15) is 11.4 Å². The molecule has 0 unspecified atom stereocenters. The van der Waals surface area contributed by atoms with Crippen LogP contribution in [0.2, 0.25) is 0 Å². The van der Waals surface area contributed by atoms with E-state index in [1.807, 2.05) is 24.3 Å². The van der Waals surface area contributed by atoms with Gasteiger partial charge in [-0.15, -0.1) is 11.3 Å². The Morgan fingerprint density at radius 1 is 0.586 bits per heavy atom. The van der Waals surface area contributed by atoms with Gasteiger partial charge in [-0.25, -0.2) is 9.97 Å². The molecular formula is C24H12N4S. The zero-order valence-corrected chi connectivity index (χ0v) is 15.9. The monoisotopic (exact) mass is 388 g/mol. The maximum atomic E-state index is 9.10. The van der Waals surface area contributed by atoms with Crippen molar-refractivity contribution in [3.63, 3.8) is 0 Å². The summed E-state index contributed by atoms with van der Waals surface area (Å²) < 4.78 is 2.38. The number of hydrogen-bond donors (Lipinski definition) is 0. The van der Waals surface area contributed by atoms with Gasteiger partial charge in [0, 0.05) is 32.6 Å². The number of nitriles is 2. The van der Waals surface area contributed by atoms with E-state index < -0.39 is 0 Å². The fourth-order valence-corrected chi connectivity index (χ4v) is 4.66. The van der Waals surface area contributed by atoms with Gasteiger partial charge >= 0.3 is 0 Å². The topological polar surface area (TPSA) is 73.4 Å². The van der Waals surface area contributed by atoms with Crippen molar-refractivity contribution in [1.82, 2.24) is 9.97 Å². The molecule has 0 N–H and O–H groups in total. The molecular weight excluding hydrogens is 376 g/mol. The molecule has 0 bridgehead atoms. The van der Waals surface area contributed by atoms with Gasteiger partial charge in [0.2, 0.25) is 0 Å². The molecule has 3 heterocycles. The van der Waals surface area contributed by atoms with E-state index in [1.54, 1.807) is 23.7 Å². The minimum absolute atomic E-state index is 0.415. The highest BCUT2D eigenvalue weighted by molar-refractivity contribution is 7.25. The van der Waals surface area contributed by atoms with Crippen molar-refractivity contribution >= 4 is 31.5 Å². The lowest BCUT2D eigenvalue weighted by Gasteiger charge is -2.03. The summed E-state index contributed by atoms with van der Waals surface area (Å²) in [6, 6.07) is 24.4. The van der Waals surface area contributed by atoms with E-state index in [9.17, 15) is 0 Å². The molecule has 0 spiro atoms. The lowest BCUT2D eigenvalue weighted by Crippen LogP contribution is -1.84. The first-order chi connectivity index (χ1) is 14.2. The molecule has 0 aliphatic heterocycles. The molecule has 29 heavy (non-hydrogen) atoms. The molecule has 0 saturated carbocycles. The van der Waals surface area contributed by atoms with Crippen LogP contribution in [0.4, 0.5) is 0 Å². The van der Waals surface area contributed by atoms with Gasteiger partial charge in [-0.2, -0.15) is 10.5 Å². The number of pyridine rings is 2. The van der Waals surface area contributed by atoms with Crippen LogP contribution >= 0.6 is 11.3 Å². The zero-order chi connectivity index (χ0) is 19.8. The van der Waals surface area contributed by atoms with Crippen molar-refractivity contribution in [2.45, 2.75) is 0 Å². The second-order valence-electron chi connectivity index (χ2n) is 6.61. The highest BCUT2D eigenvalue weighted by Crippen LogP contribution is 2.38. The quantitative estimate of drug-likeness (QED) is 0.376. The molecule has 5 rings (SSSR count). The summed E-state index contributed by atoms with van der Waals surface area (Å²) in [6.45, 7) is 0. The number of benzene rings is 2. The summed E-state index contributed by atoms with van der Waals surface area (Å²) in [4.78, 5) is 8.10. The van der Waals surface area contributed by atoms with Gasteiger partial charge in [-0.05, 0) is 58.7 Å². The Labute approximate surface area is 171 Å². The van der Waals surface area contributed by atoms with E-state index >= 15 is 0 Å². The summed E-state index contributed by atoms with van der Waals surface area (Å²) in [5.74, 6) is 0. The Bertz CT molecular complexity index is 1370. The molecule has 0 amide bonds. The van der Waals surface area contributed by atoms with Gasteiger partial charge in [-0.3, -0.25) is 0 Å².